The zero-order valence-electron chi connectivity index (χ0n) is 7.15. The van der Waals surface area contributed by atoms with E-state index in [-0.39, 0.29) is 6.04 Å². The summed E-state index contributed by atoms with van der Waals surface area (Å²) in [5.41, 5.74) is 0. The van der Waals surface area contributed by atoms with Crippen LogP contribution in [0.4, 0.5) is 0 Å². The first kappa shape index (κ1) is 9.34. The van der Waals surface area contributed by atoms with Gasteiger partial charge < -0.3 is 4.74 Å². The third-order valence-corrected chi connectivity index (χ3v) is 1.95. The lowest BCUT2D eigenvalue weighted by Crippen LogP contribution is -2.09. The highest BCUT2D eigenvalue weighted by atomic mass is 32.1. The van der Waals surface area contributed by atoms with Gasteiger partial charge in [0.1, 0.15) is 0 Å². The van der Waals surface area contributed by atoms with Crippen LogP contribution < -0.4 is 0 Å². The van der Waals surface area contributed by atoms with E-state index >= 15 is 0 Å². The highest BCUT2D eigenvalue weighted by Crippen LogP contribution is 2.07. The van der Waals surface area contributed by atoms with Gasteiger partial charge in [-0.15, -0.1) is 0 Å². The van der Waals surface area contributed by atoms with Gasteiger partial charge in [0.15, 0.2) is 0 Å². The summed E-state index contributed by atoms with van der Waals surface area (Å²) in [7, 11) is 1.68. The molecule has 6 heteroatoms. The molecule has 1 aromatic rings. The molecule has 0 saturated heterocycles. The molecule has 0 fully saturated rings. The molecule has 1 N–H and O–H groups in total. The smallest absolute Gasteiger partial charge is 0.238 e. The normalized spacial score (nSPS) is 13.2. The number of rotatable bonds is 4. The van der Waals surface area contributed by atoms with Crippen LogP contribution in [0.5, 0.6) is 0 Å². The second kappa shape index (κ2) is 4.32. The number of nitrogens with zero attached hydrogens (tertiary/aromatic N) is 3. The van der Waals surface area contributed by atoms with E-state index in [0.29, 0.717) is 11.4 Å². The zero-order valence-corrected chi connectivity index (χ0v) is 7.97. The van der Waals surface area contributed by atoms with E-state index in [0.717, 1.165) is 6.42 Å². The Labute approximate surface area is 75.7 Å². The van der Waals surface area contributed by atoms with Crippen molar-refractivity contribution >= 4 is 12.2 Å². The van der Waals surface area contributed by atoms with Crippen LogP contribution in [-0.2, 0) is 4.74 Å². The number of methoxy groups -OCH3 is 1. The first-order valence-electron chi connectivity index (χ1n) is 3.74. The van der Waals surface area contributed by atoms with Gasteiger partial charge in [-0.2, -0.15) is 5.21 Å². The first-order valence-corrected chi connectivity index (χ1v) is 4.15. The van der Waals surface area contributed by atoms with Gasteiger partial charge in [-0.05, 0) is 25.6 Å². The fourth-order valence-electron chi connectivity index (χ4n) is 0.909. The Morgan fingerprint density at radius 2 is 2.50 bits per heavy atom. The molecule has 12 heavy (non-hydrogen) atoms. The van der Waals surface area contributed by atoms with Crippen molar-refractivity contribution in [3.63, 3.8) is 0 Å². The van der Waals surface area contributed by atoms with Crippen LogP contribution in [0.2, 0.25) is 0 Å². The molecular formula is C6H12N4OS. The van der Waals surface area contributed by atoms with Crippen LogP contribution in [0, 0.1) is 4.77 Å². The Bertz CT molecular complexity index is 281. The Balaban J connectivity index is 2.59. The van der Waals surface area contributed by atoms with E-state index in [2.05, 4.69) is 15.5 Å². The summed E-state index contributed by atoms with van der Waals surface area (Å²) in [6.07, 6.45) is 0.898. The number of hydrogen-bond acceptors (Lipinski definition) is 4. The molecule has 1 aromatic heterocycles. The largest absolute Gasteiger partial charge is 0.385 e. The van der Waals surface area contributed by atoms with Gasteiger partial charge >= 0.3 is 0 Å². The number of aromatic amines is 1. The van der Waals surface area contributed by atoms with Gasteiger partial charge in [0.05, 0.1) is 6.04 Å². The lowest BCUT2D eigenvalue weighted by Gasteiger charge is -2.09. The molecule has 5 nitrogen and oxygen atoms in total. The third kappa shape index (κ3) is 2.12. The molecule has 0 aliphatic heterocycles. The van der Waals surface area contributed by atoms with Crippen LogP contribution in [0.15, 0.2) is 0 Å². The maximum Gasteiger partial charge on any atom is 0.238 e. The van der Waals surface area contributed by atoms with Gasteiger partial charge in [-0.3, -0.25) is 0 Å². The molecule has 0 amide bonds. The Morgan fingerprint density at radius 3 is 3.00 bits per heavy atom. The predicted molar refractivity (Wildman–Crippen MR) is 46.4 cm³/mol. The summed E-state index contributed by atoms with van der Waals surface area (Å²) < 4.78 is 7.18. The molecule has 0 radical (unpaired) electrons. The summed E-state index contributed by atoms with van der Waals surface area (Å²) in [6, 6.07) is 0.257. The van der Waals surface area contributed by atoms with Gasteiger partial charge in [0.2, 0.25) is 4.77 Å². The van der Waals surface area contributed by atoms with E-state index in [1.54, 1.807) is 11.8 Å². The summed E-state index contributed by atoms with van der Waals surface area (Å²) in [4.78, 5) is 0. The second-order valence-electron chi connectivity index (χ2n) is 2.58. The van der Waals surface area contributed by atoms with Crippen LogP contribution >= 0.6 is 12.2 Å². The molecule has 1 atom stereocenters. The summed E-state index contributed by atoms with van der Waals surface area (Å²) >= 11 is 4.93. The van der Waals surface area contributed by atoms with Crippen molar-refractivity contribution < 1.29 is 4.74 Å². The lowest BCUT2D eigenvalue weighted by molar-refractivity contribution is 0.178. The molecule has 0 aliphatic carbocycles. The maximum absolute atomic E-state index is 4.95. The minimum Gasteiger partial charge on any atom is -0.385 e. The second-order valence-corrected chi connectivity index (χ2v) is 2.95. The molecule has 68 valence electrons. The van der Waals surface area contributed by atoms with Gasteiger partial charge in [-0.25, -0.2) is 4.68 Å². The predicted octanol–water partition coefficient (Wildman–Crippen LogP) is 0.933. The highest BCUT2D eigenvalue weighted by molar-refractivity contribution is 7.71. The Kier molecular flexibility index (Phi) is 3.36. The molecule has 0 saturated carbocycles. The molecule has 0 aliphatic rings. The lowest BCUT2D eigenvalue weighted by atomic mass is 10.2. The van der Waals surface area contributed by atoms with E-state index in [9.17, 15) is 0 Å². The molecule has 1 unspecified atom stereocenters. The van der Waals surface area contributed by atoms with E-state index in [1.807, 2.05) is 6.92 Å². The third-order valence-electron chi connectivity index (χ3n) is 1.67. The van der Waals surface area contributed by atoms with Crippen molar-refractivity contribution in [3.8, 4) is 0 Å². The molecule has 1 rings (SSSR count). The SMILES string of the molecule is COCCC(C)n1[nH]nnc1=S. The fraction of sp³-hybridized carbons (Fsp3) is 0.833. The average molecular weight is 188 g/mol. The Hall–Kier alpha value is -0.750. The van der Waals surface area contributed by atoms with Crippen LogP contribution in [0.1, 0.15) is 19.4 Å². The van der Waals surface area contributed by atoms with E-state index < -0.39 is 0 Å². The number of H-pyrrole nitrogens is 1. The van der Waals surface area contributed by atoms with Crippen molar-refractivity contribution in [2.75, 3.05) is 13.7 Å². The Morgan fingerprint density at radius 1 is 1.75 bits per heavy atom. The zero-order chi connectivity index (χ0) is 8.97. The van der Waals surface area contributed by atoms with Crippen molar-refractivity contribution in [2.24, 2.45) is 0 Å². The van der Waals surface area contributed by atoms with Crippen LogP contribution in [0.25, 0.3) is 0 Å². The highest BCUT2D eigenvalue weighted by Gasteiger charge is 2.05. The van der Waals surface area contributed by atoms with E-state index in [4.69, 9.17) is 17.0 Å². The first-order chi connectivity index (χ1) is 5.75. The van der Waals surface area contributed by atoms with Crippen molar-refractivity contribution in [3.05, 3.63) is 4.77 Å². The van der Waals surface area contributed by atoms with Gasteiger partial charge in [-0.1, -0.05) is 10.3 Å². The number of nitrogens with one attached hydrogen (secondary N) is 1. The minimum absolute atomic E-state index is 0.257. The molecular weight excluding hydrogens is 176 g/mol. The van der Waals surface area contributed by atoms with Gasteiger partial charge in [0.25, 0.3) is 0 Å². The standard InChI is InChI=1S/C6H12N4OS/c1-5(3-4-11-2)10-6(12)7-8-9-10/h5H,3-4H2,1-2H3,(H,7,9,12). The van der Waals surface area contributed by atoms with E-state index in [1.165, 1.54) is 0 Å². The van der Waals surface area contributed by atoms with Crippen molar-refractivity contribution in [1.29, 1.82) is 0 Å². The topological polar surface area (TPSA) is 55.7 Å². The summed E-state index contributed by atoms with van der Waals surface area (Å²) in [5, 5.41) is 9.98. The maximum atomic E-state index is 4.95. The molecule has 0 aromatic carbocycles. The quantitative estimate of drug-likeness (QED) is 0.714. The number of hydrogen-bond donors (Lipinski definition) is 1. The fourth-order valence-corrected chi connectivity index (χ4v) is 1.17. The van der Waals surface area contributed by atoms with Crippen molar-refractivity contribution in [1.82, 2.24) is 20.2 Å². The number of ether oxygens (including phenoxy) is 1. The monoisotopic (exact) mass is 188 g/mol. The van der Waals surface area contributed by atoms with Crippen LogP contribution in [0.3, 0.4) is 0 Å². The van der Waals surface area contributed by atoms with Crippen LogP contribution in [-0.4, -0.2) is 33.9 Å². The number of aromatic nitrogens is 4. The average Bonchev–Trinajstić information content (AvgIpc) is 2.47. The molecule has 1 heterocycles. The van der Waals surface area contributed by atoms with Crippen molar-refractivity contribution in [2.45, 2.75) is 19.4 Å². The van der Waals surface area contributed by atoms with Gasteiger partial charge in [0, 0.05) is 13.7 Å². The summed E-state index contributed by atoms with van der Waals surface area (Å²) in [5.74, 6) is 0. The molecule has 0 bridgehead atoms. The summed E-state index contributed by atoms with van der Waals surface area (Å²) in [6.45, 7) is 2.75. The molecule has 0 spiro atoms. The minimum atomic E-state index is 0.257. The number of tetrazole rings is 1.